The van der Waals surface area contributed by atoms with E-state index < -0.39 is 17.4 Å². The van der Waals surface area contributed by atoms with Crippen LogP contribution in [0.3, 0.4) is 0 Å². The Bertz CT molecular complexity index is 1080. The molecule has 0 fully saturated rings. The fraction of sp³-hybridized carbons (Fsp3) is 0.231. The summed E-state index contributed by atoms with van der Waals surface area (Å²) in [6.45, 7) is 11.9. The smallest absolute Gasteiger partial charge is 0.147 e. The van der Waals surface area contributed by atoms with E-state index in [0.717, 1.165) is 6.42 Å². The van der Waals surface area contributed by atoms with Gasteiger partial charge in [0.1, 0.15) is 0 Å². The summed E-state index contributed by atoms with van der Waals surface area (Å²) in [6, 6.07) is 23.0. The summed E-state index contributed by atoms with van der Waals surface area (Å²) in [7, 11) is 0. The molecule has 158 valence electrons. The molecule has 1 atom stereocenters. The van der Waals surface area contributed by atoms with Crippen molar-refractivity contribution < 1.29 is 17.4 Å². The van der Waals surface area contributed by atoms with Crippen LogP contribution in [0.4, 0.5) is 0 Å². The molecule has 0 aromatic heterocycles. The average Bonchev–Trinajstić information content (AvgIpc) is 3.35. The molecule has 0 saturated heterocycles. The first-order valence-corrected chi connectivity index (χ1v) is 21.1. The average molecular weight is 535 g/mol. The molecule has 0 nitrogen and oxygen atoms in total. The van der Waals surface area contributed by atoms with Crippen LogP contribution in [0.2, 0.25) is 0 Å². The summed E-state index contributed by atoms with van der Waals surface area (Å²) >= 11 is -3.99. The molecule has 30 heavy (non-hydrogen) atoms. The van der Waals surface area contributed by atoms with Crippen LogP contribution in [0.15, 0.2) is 102 Å². The van der Waals surface area contributed by atoms with Gasteiger partial charge in [-0.3, -0.25) is 0 Å². The van der Waals surface area contributed by atoms with Gasteiger partial charge in [-0.2, -0.15) is 0 Å². The molecule has 4 heteroatoms. The monoisotopic (exact) mass is 532 g/mol. The summed E-state index contributed by atoms with van der Waals surface area (Å²) in [5, 5.41) is 0. The van der Waals surface area contributed by atoms with E-state index in [4.69, 9.17) is 0 Å². The quantitative estimate of drug-likeness (QED) is 0.434. The fourth-order valence-corrected chi connectivity index (χ4v) is 31.0. The van der Waals surface area contributed by atoms with Crippen molar-refractivity contribution in [3.63, 3.8) is 0 Å². The molecule has 0 radical (unpaired) electrons. The number of hydrogen-bond donors (Lipinski definition) is 0. The molecule has 0 saturated carbocycles. The van der Waals surface area contributed by atoms with Gasteiger partial charge in [0, 0.05) is 0 Å². The maximum Gasteiger partial charge on any atom is -0.147 e. The van der Waals surface area contributed by atoms with Gasteiger partial charge in [0.05, 0.1) is 0 Å². The van der Waals surface area contributed by atoms with Crippen LogP contribution in [0.5, 0.6) is 0 Å². The Morgan fingerprint density at radius 2 is 1.30 bits per heavy atom. The predicted octanol–water partition coefficient (Wildman–Crippen LogP) is 5.82. The van der Waals surface area contributed by atoms with Crippen molar-refractivity contribution in [3.8, 4) is 0 Å². The number of halogens is 2. The van der Waals surface area contributed by atoms with E-state index in [-0.39, 0.29) is 24.8 Å². The maximum absolute atomic E-state index is 3.99. The molecular weight excluding hydrogens is 503 g/mol. The third-order valence-electron chi connectivity index (χ3n) is 7.54. The topological polar surface area (TPSA) is 0 Å². The molecule has 0 spiro atoms. The van der Waals surface area contributed by atoms with E-state index in [9.17, 15) is 0 Å². The van der Waals surface area contributed by atoms with Gasteiger partial charge in [0.25, 0.3) is 0 Å². The molecule has 0 amide bonds. The zero-order valence-corrected chi connectivity index (χ0v) is 23.8. The third-order valence-corrected chi connectivity index (χ3v) is 34.5. The van der Waals surface area contributed by atoms with E-state index in [0.29, 0.717) is 5.92 Å². The number of allylic oxidation sites excluding steroid dienone is 8. The Hall–Kier alpha value is -0.920. The Kier molecular flexibility index (Phi) is 7.85. The zero-order chi connectivity index (χ0) is 20.0. The summed E-state index contributed by atoms with van der Waals surface area (Å²) in [5.74, 6) is 0.505. The second kappa shape index (κ2) is 9.29. The number of rotatable bonds is 4. The maximum atomic E-state index is 2.45. The van der Waals surface area contributed by atoms with Crippen LogP contribution in [0.25, 0.3) is 0 Å². The normalized spacial score (nSPS) is 18.8. The van der Waals surface area contributed by atoms with Crippen LogP contribution in [-0.4, -0.2) is 6.88 Å². The van der Waals surface area contributed by atoms with Gasteiger partial charge < -0.3 is 0 Å². The molecule has 2 aromatic rings. The first kappa shape index (κ1) is 25.3. The molecule has 0 N–H and O–H groups in total. The Morgan fingerprint density at radius 1 is 0.800 bits per heavy atom. The van der Waals surface area contributed by atoms with Gasteiger partial charge in [-0.05, 0) is 0 Å². The van der Waals surface area contributed by atoms with Gasteiger partial charge in [-0.15, -0.1) is 24.8 Å². The molecule has 4 rings (SSSR count). The number of benzene rings is 2. The van der Waals surface area contributed by atoms with Gasteiger partial charge in [0.2, 0.25) is 0 Å². The van der Waals surface area contributed by atoms with Crippen LogP contribution in [0, 0.1) is 5.92 Å². The van der Waals surface area contributed by atoms with Crippen molar-refractivity contribution in [2.75, 3.05) is 0 Å². The third kappa shape index (κ3) is 3.36. The summed E-state index contributed by atoms with van der Waals surface area (Å²) in [6.07, 6.45) is 8.17. The Balaban J connectivity index is 0.00000160. The van der Waals surface area contributed by atoms with Crippen molar-refractivity contribution in [2.45, 2.75) is 34.1 Å². The van der Waals surface area contributed by atoms with Crippen LogP contribution in [0.1, 0.15) is 34.1 Å². The second-order valence-corrected chi connectivity index (χ2v) is 29.9. The molecule has 0 aliphatic heterocycles. The van der Waals surface area contributed by atoms with Crippen LogP contribution >= 0.6 is 24.8 Å². The fourth-order valence-electron chi connectivity index (χ4n) is 5.75. The summed E-state index contributed by atoms with van der Waals surface area (Å²) in [5.41, 5.74) is 4.61. The van der Waals surface area contributed by atoms with Crippen molar-refractivity contribution in [1.82, 2.24) is 0 Å². The number of hydrogen-bond acceptors (Lipinski definition) is 0. The summed E-state index contributed by atoms with van der Waals surface area (Å²) < 4.78 is 6.59. The zero-order valence-electron chi connectivity index (χ0n) is 18.3. The minimum atomic E-state index is -3.99. The van der Waals surface area contributed by atoms with Gasteiger partial charge in [-0.25, -0.2) is 0 Å². The van der Waals surface area contributed by atoms with Crippen molar-refractivity contribution in [1.29, 1.82) is 0 Å². The predicted molar refractivity (Wildman–Crippen MR) is 137 cm³/mol. The minimum Gasteiger partial charge on any atom is -0.147 e. The van der Waals surface area contributed by atoms with E-state index in [1.54, 1.807) is 24.3 Å². The van der Waals surface area contributed by atoms with Gasteiger partial charge >= 0.3 is 173 Å². The van der Waals surface area contributed by atoms with Crippen molar-refractivity contribution in [3.05, 3.63) is 102 Å². The van der Waals surface area contributed by atoms with Gasteiger partial charge in [0.15, 0.2) is 0 Å². The summed E-state index contributed by atoms with van der Waals surface area (Å²) in [4.78, 5) is 0. The molecule has 2 aromatic carbocycles. The van der Waals surface area contributed by atoms with E-state index in [1.165, 1.54) is 5.57 Å². The Labute approximate surface area is 196 Å². The van der Waals surface area contributed by atoms with E-state index in [1.807, 2.05) is 0 Å². The van der Waals surface area contributed by atoms with E-state index in [2.05, 4.69) is 113 Å². The molecule has 2 aliphatic carbocycles. The standard InChI is InChI=1S/C9H13.2C6H5.C5H5.2ClH.H2Si.Zr/c1-6-5-7(2)9(4)8(6)3;2*1-2-4-6-5-3-1;1-2-4-5-3-1;;;;/h6H,1-4H3;2*1-5H;1-3H,4H2;2*1H;1H2;. The van der Waals surface area contributed by atoms with Gasteiger partial charge in [-0.1, -0.05) is 0 Å². The van der Waals surface area contributed by atoms with Crippen molar-refractivity contribution >= 4 is 38.2 Å². The van der Waals surface area contributed by atoms with Crippen LogP contribution in [-0.2, 0) is 17.4 Å². The Morgan fingerprint density at radius 3 is 1.67 bits per heavy atom. The largest absolute Gasteiger partial charge is 0.147 e. The second-order valence-electron chi connectivity index (χ2n) is 8.58. The first-order valence-electron chi connectivity index (χ1n) is 10.3. The molecule has 2 aliphatic rings. The van der Waals surface area contributed by atoms with E-state index >= 15 is 0 Å². The van der Waals surface area contributed by atoms with Crippen LogP contribution < -0.4 is 6.54 Å². The molecule has 1 unspecified atom stereocenters. The molecule has 0 bridgehead atoms. The molecular formula is C26H32Cl2SiZr. The molecule has 0 heterocycles. The van der Waals surface area contributed by atoms with Crippen molar-refractivity contribution in [2.24, 2.45) is 5.92 Å². The SMILES string of the molecule is CC1=C(C)C(C)[C]([Zr](=[SiH2])([C]2=CC=CC2)([c]2ccccc2)[c]2ccccc2)=C1C.Cl.Cl. The first-order chi connectivity index (χ1) is 13.4. The minimum absolute atomic E-state index is 0.